The van der Waals surface area contributed by atoms with Gasteiger partial charge in [-0.2, -0.15) is 0 Å². The summed E-state index contributed by atoms with van der Waals surface area (Å²) in [4.78, 5) is 47.9. The first kappa shape index (κ1) is 21.9. The maximum Gasteiger partial charge on any atom is 0.371 e. The van der Waals surface area contributed by atoms with Gasteiger partial charge in [-0.15, -0.1) is 0 Å². The van der Waals surface area contributed by atoms with Crippen LogP contribution in [0.1, 0.15) is 46.9 Å². The normalized spacial score (nSPS) is 10.8. The molecule has 1 aromatic carbocycles. The van der Waals surface area contributed by atoms with Crippen LogP contribution in [0, 0.1) is 0 Å². The number of pyridine rings is 1. The van der Waals surface area contributed by atoms with Crippen LogP contribution in [-0.4, -0.2) is 56.3 Å². The molecule has 0 aliphatic carbocycles. The van der Waals surface area contributed by atoms with Crippen LogP contribution in [0.25, 0.3) is 21.9 Å². The largest absolute Gasteiger partial charge is 0.477 e. The van der Waals surface area contributed by atoms with E-state index in [9.17, 15) is 29.4 Å². The second-order valence-electron chi connectivity index (χ2n) is 6.10. The minimum Gasteiger partial charge on any atom is -0.477 e. The standard InChI is InChI=1S/C19H17NO7.Na/c1-3-5-9-16-10(13(21)7-12(18(23)24)20(16)4-2)6-11-14(22)8-15(19(25)26)27-17(9)11;/h6-8H,3-5H2,1-2H3,(H,23,24)(H,25,26);. The van der Waals surface area contributed by atoms with Crippen molar-refractivity contribution in [1.82, 2.24) is 4.57 Å². The van der Waals surface area contributed by atoms with Gasteiger partial charge in [0.05, 0.1) is 10.9 Å². The van der Waals surface area contributed by atoms with Gasteiger partial charge in [-0.3, -0.25) is 9.59 Å². The van der Waals surface area contributed by atoms with Gasteiger partial charge < -0.3 is 19.2 Å². The van der Waals surface area contributed by atoms with Crippen molar-refractivity contribution in [1.29, 1.82) is 0 Å². The predicted molar refractivity (Wildman–Crippen MR) is 104 cm³/mol. The number of carbonyl (C=O) groups is 2. The zero-order valence-corrected chi connectivity index (χ0v) is 17.7. The molecule has 2 aromatic heterocycles. The number of carboxylic acids is 2. The van der Waals surface area contributed by atoms with Crippen molar-refractivity contribution in [3.63, 3.8) is 0 Å². The van der Waals surface area contributed by atoms with E-state index in [-0.39, 0.29) is 58.2 Å². The van der Waals surface area contributed by atoms with Gasteiger partial charge in [0.1, 0.15) is 11.3 Å². The second kappa shape index (κ2) is 8.30. The van der Waals surface area contributed by atoms with E-state index >= 15 is 0 Å². The van der Waals surface area contributed by atoms with Crippen LogP contribution < -0.4 is 10.9 Å². The molecule has 0 aliphatic heterocycles. The van der Waals surface area contributed by atoms with E-state index in [1.807, 2.05) is 6.92 Å². The van der Waals surface area contributed by atoms with E-state index in [2.05, 4.69) is 0 Å². The van der Waals surface area contributed by atoms with Crippen molar-refractivity contribution >= 4 is 63.4 Å². The van der Waals surface area contributed by atoms with Gasteiger partial charge in [0.25, 0.3) is 0 Å². The first-order chi connectivity index (χ1) is 12.8. The molecule has 2 N–H and O–H groups in total. The number of hydrogen-bond donors (Lipinski definition) is 2. The molecular formula is C19H17NNaO7. The Morgan fingerprint density at radius 3 is 2.18 bits per heavy atom. The van der Waals surface area contributed by atoms with Gasteiger partial charge in [-0.05, 0) is 19.4 Å². The number of fused-ring (bicyclic) bond motifs is 2. The van der Waals surface area contributed by atoms with Crippen molar-refractivity contribution in [2.75, 3.05) is 0 Å². The van der Waals surface area contributed by atoms with Crippen LogP contribution in [-0.2, 0) is 13.0 Å². The number of hydrogen-bond acceptors (Lipinski definition) is 5. The average molecular weight is 394 g/mol. The molecule has 0 amide bonds. The number of carboxylic acid groups (broad SMARTS) is 2. The zero-order valence-electron chi connectivity index (χ0n) is 15.7. The monoisotopic (exact) mass is 394 g/mol. The molecule has 3 aromatic rings. The summed E-state index contributed by atoms with van der Waals surface area (Å²) < 4.78 is 6.94. The minimum atomic E-state index is -1.39. The molecule has 0 atom stereocenters. The van der Waals surface area contributed by atoms with E-state index in [1.165, 1.54) is 10.6 Å². The molecular weight excluding hydrogens is 377 g/mol. The van der Waals surface area contributed by atoms with Crippen molar-refractivity contribution < 1.29 is 24.2 Å². The van der Waals surface area contributed by atoms with Crippen molar-refractivity contribution in [2.45, 2.75) is 33.2 Å². The summed E-state index contributed by atoms with van der Waals surface area (Å²) in [5, 5.41) is 19.0. The Morgan fingerprint density at radius 2 is 1.64 bits per heavy atom. The summed E-state index contributed by atoms with van der Waals surface area (Å²) in [6, 6.07) is 3.25. The molecule has 0 saturated carbocycles. The smallest absolute Gasteiger partial charge is 0.371 e. The Morgan fingerprint density at radius 1 is 1.00 bits per heavy atom. The third-order valence-electron chi connectivity index (χ3n) is 4.43. The van der Waals surface area contributed by atoms with E-state index in [0.717, 1.165) is 12.1 Å². The second-order valence-corrected chi connectivity index (χ2v) is 6.10. The summed E-state index contributed by atoms with van der Waals surface area (Å²) >= 11 is 0. The molecule has 0 unspecified atom stereocenters. The number of benzene rings is 1. The molecule has 0 fully saturated rings. The van der Waals surface area contributed by atoms with Crippen molar-refractivity contribution in [2.24, 2.45) is 0 Å². The van der Waals surface area contributed by atoms with E-state index < -0.39 is 28.6 Å². The topological polar surface area (TPSA) is 127 Å². The summed E-state index contributed by atoms with van der Waals surface area (Å²) in [6.45, 7) is 3.88. The fraction of sp³-hybridized carbons (Fsp3) is 0.263. The summed E-state index contributed by atoms with van der Waals surface area (Å²) in [5.74, 6) is -3.15. The summed E-state index contributed by atoms with van der Waals surface area (Å²) in [6.07, 6.45) is 0.993. The molecule has 8 nitrogen and oxygen atoms in total. The third-order valence-corrected chi connectivity index (χ3v) is 4.43. The Balaban J connectivity index is 0.00000280. The fourth-order valence-corrected chi connectivity index (χ4v) is 3.34. The molecule has 28 heavy (non-hydrogen) atoms. The molecule has 141 valence electrons. The molecule has 0 saturated heterocycles. The number of rotatable bonds is 5. The Kier molecular flexibility index (Phi) is 6.48. The van der Waals surface area contributed by atoms with Crippen molar-refractivity contribution in [3.05, 3.63) is 55.7 Å². The average Bonchev–Trinajstić information content (AvgIpc) is 2.62. The Bertz CT molecular complexity index is 1220. The molecule has 0 bridgehead atoms. The maximum atomic E-state index is 12.6. The molecule has 2 heterocycles. The first-order valence-corrected chi connectivity index (χ1v) is 8.44. The molecule has 9 heteroatoms. The van der Waals surface area contributed by atoms with Crippen LogP contribution in [0.4, 0.5) is 0 Å². The van der Waals surface area contributed by atoms with Gasteiger partial charge >= 0.3 is 11.9 Å². The van der Waals surface area contributed by atoms with E-state index in [1.54, 1.807) is 6.92 Å². The van der Waals surface area contributed by atoms with Crippen LogP contribution in [0.2, 0.25) is 0 Å². The zero-order chi connectivity index (χ0) is 19.9. The summed E-state index contributed by atoms with van der Waals surface area (Å²) in [7, 11) is 0. The number of aromatic nitrogens is 1. The van der Waals surface area contributed by atoms with Gasteiger partial charge in [0.2, 0.25) is 5.76 Å². The predicted octanol–water partition coefficient (Wildman–Crippen LogP) is 2.10. The number of nitrogens with zero attached hydrogens (tertiary/aromatic N) is 1. The van der Waals surface area contributed by atoms with Crippen LogP contribution in [0.15, 0.2) is 32.2 Å². The van der Waals surface area contributed by atoms with Gasteiger partial charge in [0, 0.05) is 59.2 Å². The van der Waals surface area contributed by atoms with Crippen LogP contribution in [0.5, 0.6) is 0 Å². The van der Waals surface area contributed by atoms with Gasteiger partial charge in [0.15, 0.2) is 10.9 Å². The van der Waals surface area contributed by atoms with E-state index in [4.69, 9.17) is 4.42 Å². The molecule has 0 aliphatic rings. The third kappa shape index (κ3) is 3.50. The quantitative estimate of drug-likeness (QED) is 0.501. The molecule has 3 rings (SSSR count). The number of aryl methyl sites for hydroxylation is 2. The summed E-state index contributed by atoms with van der Waals surface area (Å²) in [5.41, 5.74) is -0.401. The first-order valence-electron chi connectivity index (χ1n) is 8.44. The minimum absolute atomic E-state index is 0. The van der Waals surface area contributed by atoms with Crippen LogP contribution >= 0.6 is 0 Å². The molecule has 1 radical (unpaired) electrons. The van der Waals surface area contributed by atoms with Gasteiger partial charge in [-0.25, -0.2) is 9.59 Å². The molecule has 0 spiro atoms. The van der Waals surface area contributed by atoms with Crippen LogP contribution in [0.3, 0.4) is 0 Å². The van der Waals surface area contributed by atoms with E-state index in [0.29, 0.717) is 23.9 Å². The maximum absolute atomic E-state index is 12.6. The number of aromatic carboxylic acids is 2. The Labute approximate surface area is 180 Å². The fourth-order valence-electron chi connectivity index (χ4n) is 3.34. The SMILES string of the molecule is CCCc1c2oc(C(=O)O)cc(=O)c2cc2c(=O)cc(C(=O)O)n(CC)c12.[Na]. The van der Waals surface area contributed by atoms with Gasteiger partial charge in [-0.1, -0.05) is 13.3 Å². The van der Waals surface area contributed by atoms with Crippen molar-refractivity contribution in [3.8, 4) is 0 Å². The Hall–Kier alpha value is -2.42.